The number of para-hydroxylation sites is 1. The normalized spacial score (nSPS) is 11.5. The number of benzene rings is 2. The maximum atomic E-state index is 12.9. The molecule has 0 radical (unpaired) electrons. The Balaban J connectivity index is 2.07. The van der Waals surface area contributed by atoms with Crippen molar-refractivity contribution in [3.05, 3.63) is 76.8 Å². The number of carbonyl (C=O) groups is 1. The first-order valence-electron chi connectivity index (χ1n) is 7.32. The molecular weight excluding hydrogens is 335 g/mol. The van der Waals surface area contributed by atoms with Crippen LogP contribution in [0.2, 0.25) is 0 Å². The number of rotatable bonds is 3. The molecule has 1 heterocycles. The fourth-order valence-corrected chi connectivity index (χ4v) is 2.44. The van der Waals surface area contributed by atoms with Crippen LogP contribution >= 0.6 is 0 Å². The van der Waals surface area contributed by atoms with Gasteiger partial charge in [-0.3, -0.25) is 9.69 Å². The third-order valence-corrected chi connectivity index (χ3v) is 3.53. The van der Waals surface area contributed by atoms with Gasteiger partial charge in [0.25, 0.3) is 5.91 Å². The van der Waals surface area contributed by atoms with Crippen molar-refractivity contribution in [1.82, 2.24) is 0 Å². The minimum atomic E-state index is -4.61. The summed E-state index contributed by atoms with van der Waals surface area (Å²) in [4.78, 5) is 25.1. The highest BCUT2D eigenvalue weighted by atomic mass is 19.4. The molecule has 2 aromatic carbocycles. The summed E-state index contributed by atoms with van der Waals surface area (Å²) in [6.07, 6.45) is -4.61. The molecule has 0 atom stereocenters. The predicted octanol–water partition coefficient (Wildman–Crippen LogP) is 4.00. The summed E-state index contributed by atoms with van der Waals surface area (Å²) in [6.45, 7) is -1.49. The van der Waals surface area contributed by atoms with Gasteiger partial charge in [-0.05, 0) is 29.7 Å². The molecule has 0 saturated heterocycles. The lowest BCUT2D eigenvalue weighted by atomic mass is 10.1. The fraction of sp³-hybridized carbons (Fsp3) is 0.111. The van der Waals surface area contributed by atoms with Crippen LogP contribution in [0.15, 0.2) is 69.9 Å². The van der Waals surface area contributed by atoms with E-state index in [1.807, 2.05) is 0 Å². The average Bonchev–Trinajstić information content (AvgIpc) is 2.59. The minimum Gasteiger partial charge on any atom is -0.417 e. The number of hydrogen-bond acceptors (Lipinski definition) is 3. The number of carbonyl (C=O) groups excluding carboxylic acids is 1. The standard InChI is InChI=1S/C18H12F3NO3/c19-18(20,21)11-22(13-7-2-1-3-8-13)16(23)15-10-12-6-4-5-9-14(12)17(24)25-15/h1-10H,11H2. The quantitative estimate of drug-likeness (QED) is 0.719. The van der Waals surface area contributed by atoms with Gasteiger partial charge < -0.3 is 4.42 Å². The van der Waals surface area contributed by atoms with Gasteiger partial charge in [0, 0.05) is 5.69 Å². The highest BCUT2D eigenvalue weighted by Crippen LogP contribution is 2.24. The van der Waals surface area contributed by atoms with Gasteiger partial charge in [-0.15, -0.1) is 0 Å². The molecule has 25 heavy (non-hydrogen) atoms. The molecule has 1 aromatic heterocycles. The van der Waals surface area contributed by atoms with E-state index in [0.717, 1.165) is 0 Å². The zero-order valence-electron chi connectivity index (χ0n) is 12.8. The van der Waals surface area contributed by atoms with Crippen molar-refractivity contribution in [3.8, 4) is 0 Å². The third-order valence-electron chi connectivity index (χ3n) is 3.53. The zero-order chi connectivity index (χ0) is 18.0. The number of halogens is 3. The van der Waals surface area contributed by atoms with Crippen molar-refractivity contribution >= 4 is 22.4 Å². The van der Waals surface area contributed by atoms with E-state index in [1.165, 1.54) is 36.4 Å². The summed E-state index contributed by atoms with van der Waals surface area (Å²) in [5.74, 6) is -1.48. The monoisotopic (exact) mass is 347 g/mol. The predicted molar refractivity (Wildman–Crippen MR) is 86.7 cm³/mol. The Bertz CT molecular complexity index is 964. The maximum Gasteiger partial charge on any atom is 0.406 e. The SMILES string of the molecule is O=C(c1cc2ccccc2c(=O)o1)N(CC(F)(F)F)c1ccccc1. The molecule has 128 valence electrons. The maximum absolute atomic E-state index is 12.9. The molecule has 0 N–H and O–H groups in total. The van der Waals surface area contributed by atoms with Gasteiger partial charge in [0.2, 0.25) is 0 Å². The molecule has 3 rings (SSSR count). The number of alkyl halides is 3. The van der Waals surface area contributed by atoms with Gasteiger partial charge in [0.05, 0.1) is 5.39 Å². The molecule has 7 heteroatoms. The number of fused-ring (bicyclic) bond motifs is 1. The van der Waals surface area contributed by atoms with E-state index in [4.69, 9.17) is 4.42 Å². The Hall–Kier alpha value is -3.09. The molecule has 0 unspecified atom stereocenters. The number of amides is 1. The van der Waals surface area contributed by atoms with Crippen molar-refractivity contribution in [2.24, 2.45) is 0 Å². The van der Waals surface area contributed by atoms with Gasteiger partial charge in [-0.2, -0.15) is 13.2 Å². The van der Waals surface area contributed by atoms with Gasteiger partial charge in [-0.1, -0.05) is 36.4 Å². The van der Waals surface area contributed by atoms with Crippen molar-refractivity contribution < 1.29 is 22.4 Å². The number of hydrogen-bond donors (Lipinski definition) is 0. The van der Waals surface area contributed by atoms with Gasteiger partial charge in [-0.25, -0.2) is 4.79 Å². The molecule has 0 bridgehead atoms. The molecule has 0 saturated carbocycles. The molecule has 0 spiro atoms. The highest BCUT2D eigenvalue weighted by molar-refractivity contribution is 6.05. The van der Waals surface area contributed by atoms with Crippen LogP contribution in [-0.2, 0) is 0 Å². The minimum absolute atomic E-state index is 0.0561. The van der Waals surface area contributed by atoms with Crippen LogP contribution in [0.5, 0.6) is 0 Å². The molecule has 4 nitrogen and oxygen atoms in total. The lowest BCUT2D eigenvalue weighted by Crippen LogP contribution is -2.39. The molecule has 3 aromatic rings. The fourth-order valence-electron chi connectivity index (χ4n) is 2.44. The largest absolute Gasteiger partial charge is 0.417 e. The van der Waals surface area contributed by atoms with Crippen molar-refractivity contribution in [2.45, 2.75) is 6.18 Å². The Morgan fingerprint density at radius 2 is 1.64 bits per heavy atom. The Morgan fingerprint density at radius 1 is 1.00 bits per heavy atom. The first-order chi connectivity index (χ1) is 11.8. The van der Waals surface area contributed by atoms with Crippen LogP contribution in [0.1, 0.15) is 10.6 Å². The van der Waals surface area contributed by atoms with E-state index < -0.39 is 30.0 Å². The smallest absolute Gasteiger partial charge is 0.406 e. The van der Waals surface area contributed by atoms with Crippen LogP contribution < -0.4 is 10.5 Å². The molecule has 0 aliphatic rings. The summed E-state index contributed by atoms with van der Waals surface area (Å²) in [7, 11) is 0. The van der Waals surface area contributed by atoms with Gasteiger partial charge in [0.1, 0.15) is 6.54 Å². The summed E-state index contributed by atoms with van der Waals surface area (Å²) in [6, 6.07) is 15.1. The summed E-state index contributed by atoms with van der Waals surface area (Å²) >= 11 is 0. The van der Waals surface area contributed by atoms with Gasteiger partial charge >= 0.3 is 11.8 Å². The summed E-state index contributed by atoms with van der Waals surface area (Å²) in [5.41, 5.74) is -0.720. The Labute approximate surface area is 140 Å². The topological polar surface area (TPSA) is 50.5 Å². The Kier molecular flexibility index (Phi) is 4.31. The lowest BCUT2D eigenvalue weighted by Gasteiger charge is -2.23. The van der Waals surface area contributed by atoms with Crippen LogP contribution in [0, 0.1) is 0 Å². The van der Waals surface area contributed by atoms with E-state index in [1.54, 1.807) is 24.3 Å². The second-order valence-electron chi connectivity index (χ2n) is 5.33. The summed E-state index contributed by atoms with van der Waals surface area (Å²) < 4.78 is 43.7. The molecule has 0 aliphatic heterocycles. The first kappa shape index (κ1) is 16.8. The summed E-state index contributed by atoms with van der Waals surface area (Å²) in [5, 5.41) is 0.670. The van der Waals surface area contributed by atoms with E-state index in [9.17, 15) is 22.8 Å². The van der Waals surface area contributed by atoms with Crippen LogP contribution in [-0.4, -0.2) is 18.6 Å². The zero-order valence-corrected chi connectivity index (χ0v) is 12.8. The first-order valence-corrected chi connectivity index (χ1v) is 7.32. The second kappa shape index (κ2) is 6.43. The second-order valence-corrected chi connectivity index (χ2v) is 5.33. The van der Waals surface area contributed by atoms with E-state index in [2.05, 4.69) is 0 Å². The van der Waals surface area contributed by atoms with Crippen molar-refractivity contribution in [1.29, 1.82) is 0 Å². The van der Waals surface area contributed by atoms with Crippen LogP contribution in [0.4, 0.5) is 18.9 Å². The van der Waals surface area contributed by atoms with Crippen molar-refractivity contribution in [2.75, 3.05) is 11.4 Å². The average molecular weight is 347 g/mol. The molecule has 0 fully saturated rings. The van der Waals surface area contributed by atoms with E-state index >= 15 is 0 Å². The Morgan fingerprint density at radius 3 is 2.32 bits per heavy atom. The van der Waals surface area contributed by atoms with Crippen LogP contribution in [0.3, 0.4) is 0 Å². The number of anilines is 1. The van der Waals surface area contributed by atoms with E-state index in [-0.39, 0.29) is 11.1 Å². The number of nitrogens with zero attached hydrogens (tertiary/aromatic N) is 1. The molecule has 0 aliphatic carbocycles. The van der Waals surface area contributed by atoms with Crippen molar-refractivity contribution in [3.63, 3.8) is 0 Å². The third kappa shape index (κ3) is 3.71. The van der Waals surface area contributed by atoms with Gasteiger partial charge in [0.15, 0.2) is 5.76 Å². The van der Waals surface area contributed by atoms with E-state index in [0.29, 0.717) is 10.3 Å². The van der Waals surface area contributed by atoms with Crippen LogP contribution in [0.25, 0.3) is 10.8 Å². The molecular formula is C18H12F3NO3. The lowest BCUT2D eigenvalue weighted by molar-refractivity contribution is -0.118. The highest BCUT2D eigenvalue weighted by Gasteiger charge is 2.35. The molecule has 1 amide bonds.